The fraction of sp³-hybridized carbons (Fsp3) is 0.111. The number of benzene rings is 1. The van der Waals surface area contributed by atoms with Gasteiger partial charge in [-0.2, -0.15) is 0 Å². The van der Waals surface area contributed by atoms with Crippen molar-refractivity contribution < 1.29 is 0 Å². The first-order valence-electron chi connectivity index (χ1n) is 3.86. The van der Waals surface area contributed by atoms with Crippen molar-refractivity contribution >= 4 is 39.3 Å². The van der Waals surface area contributed by atoms with Crippen molar-refractivity contribution in [3.05, 3.63) is 27.6 Å². The van der Waals surface area contributed by atoms with E-state index in [0.29, 0.717) is 9.65 Å². The Kier molecular flexibility index (Phi) is 2.07. The average Bonchev–Trinajstić information content (AvgIpc) is 2.02. The van der Waals surface area contributed by atoms with Crippen molar-refractivity contribution in [2.75, 3.05) is 5.73 Å². The smallest absolute Gasteiger partial charge is 0.193 e. The molecule has 1 aromatic carbocycles. The normalized spacial score (nSPS) is 10.6. The zero-order valence-electron chi connectivity index (χ0n) is 7.08. The van der Waals surface area contributed by atoms with E-state index in [2.05, 4.69) is 32.6 Å². The van der Waals surface area contributed by atoms with Gasteiger partial charge in [0.2, 0.25) is 0 Å². The van der Waals surface area contributed by atoms with E-state index in [1.807, 2.05) is 25.1 Å². The number of rotatable bonds is 0. The number of hydrogen-bond donors (Lipinski definition) is 1. The van der Waals surface area contributed by atoms with Crippen molar-refractivity contribution in [3.63, 3.8) is 0 Å². The Morgan fingerprint density at radius 3 is 2.85 bits per heavy atom. The van der Waals surface area contributed by atoms with E-state index >= 15 is 0 Å². The second-order valence-corrected chi connectivity index (χ2v) is 3.86. The third-order valence-corrected chi connectivity index (χ3v) is 2.34. The summed E-state index contributed by atoms with van der Waals surface area (Å²) >= 11 is 2.06. The van der Waals surface area contributed by atoms with Gasteiger partial charge in [-0.3, -0.25) is 0 Å². The van der Waals surface area contributed by atoms with Gasteiger partial charge in [0.05, 0.1) is 5.52 Å². The van der Waals surface area contributed by atoms with Crippen LogP contribution in [0.1, 0.15) is 5.56 Å². The summed E-state index contributed by atoms with van der Waals surface area (Å²) in [5.74, 6) is 0.550. The van der Waals surface area contributed by atoms with E-state index in [1.165, 1.54) is 5.56 Å². The molecule has 1 heterocycles. The number of nitrogens with zero attached hydrogens (tertiary/aromatic N) is 2. The Balaban J connectivity index is 2.86. The molecule has 0 aliphatic carbocycles. The molecule has 0 atom stereocenters. The number of halogens is 1. The summed E-state index contributed by atoms with van der Waals surface area (Å²) in [4.78, 5) is 8.38. The molecule has 2 aromatic rings. The molecule has 0 radical (unpaired) electrons. The molecule has 1 aromatic heterocycles. The summed E-state index contributed by atoms with van der Waals surface area (Å²) in [6, 6.07) is 5.97. The highest BCUT2D eigenvalue weighted by molar-refractivity contribution is 14.1. The Morgan fingerprint density at radius 1 is 1.31 bits per heavy atom. The molecule has 66 valence electrons. The number of anilines is 1. The monoisotopic (exact) mass is 285 g/mol. The fourth-order valence-electron chi connectivity index (χ4n) is 1.23. The first-order valence-corrected chi connectivity index (χ1v) is 4.94. The lowest BCUT2D eigenvalue weighted by atomic mass is 10.2. The Bertz CT molecular complexity index is 462. The number of fused-ring (bicyclic) bond motifs is 1. The first kappa shape index (κ1) is 8.68. The van der Waals surface area contributed by atoms with Gasteiger partial charge in [-0.25, -0.2) is 9.97 Å². The van der Waals surface area contributed by atoms with Crippen LogP contribution in [0.5, 0.6) is 0 Å². The number of aryl methyl sites for hydroxylation is 1. The topological polar surface area (TPSA) is 51.8 Å². The SMILES string of the molecule is Cc1ccc2c(N)nc(I)nc2c1. The van der Waals surface area contributed by atoms with Gasteiger partial charge in [0.25, 0.3) is 0 Å². The van der Waals surface area contributed by atoms with E-state index in [-0.39, 0.29) is 0 Å². The zero-order chi connectivity index (χ0) is 9.42. The van der Waals surface area contributed by atoms with Gasteiger partial charge in [-0.1, -0.05) is 6.07 Å². The quantitative estimate of drug-likeness (QED) is 0.596. The van der Waals surface area contributed by atoms with Crippen LogP contribution >= 0.6 is 22.6 Å². The van der Waals surface area contributed by atoms with Crippen molar-refractivity contribution in [1.82, 2.24) is 9.97 Å². The van der Waals surface area contributed by atoms with Crippen LogP contribution in [0, 0.1) is 10.8 Å². The predicted octanol–water partition coefficient (Wildman–Crippen LogP) is 2.13. The molecule has 0 fully saturated rings. The average molecular weight is 285 g/mol. The summed E-state index contributed by atoms with van der Waals surface area (Å²) in [5, 5.41) is 0.922. The maximum absolute atomic E-state index is 5.75. The molecule has 0 saturated carbocycles. The molecule has 2 rings (SSSR count). The lowest BCUT2D eigenvalue weighted by Gasteiger charge is -2.01. The van der Waals surface area contributed by atoms with Crippen LogP contribution in [0.2, 0.25) is 0 Å². The van der Waals surface area contributed by atoms with Gasteiger partial charge >= 0.3 is 0 Å². The van der Waals surface area contributed by atoms with Gasteiger partial charge < -0.3 is 5.73 Å². The lowest BCUT2D eigenvalue weighted by Crippen LogP contribution is -1.97. The van der Waals surface area contributed by atoms with E-state index in [9.17, 15) is 0 Å². The number of nitrogen functional groups attached to an aromatic ring is 1. The molecule has 0 saturated heterocycles. The summed E-state index contributed by atoms with van der Waals surface area (Å²) in [6.07, 6.45) is 0. The van der Waals surface area contributed by atoms with Gasteiger partial charge in [0.15, 0.2) is 3.83 Å². The minimum Gasteiger partial charge on any atom is -0.383 e. The molecule has 13 heavy (non-hydrogen) atoms. The Hall–Kier alpha value is -0.910. The summed E-state index contributed by atoms with van der Waals surface area (Å²) in [6.45, 7) is 2.03. The second-order valence-electron chi connectivity index (χ2n) is 2.90. The minimum absolute atomic E-state index is 0.550. The number of nitrogens with two attached hydrogens (primary N) is 1. The van der Waals surface area contributed by atoms with E-state index < -0.39 is 0 Å². The third-order valence-electron chi connectivity index (χ3n) is 1.85. The molecule has 0 aliphatic rings. The molecule has 4 heteroatoms. The molecule has 0 unspecified atom stereocenters. The van der Waals surface area contributed by atoms with Crippen LogP contribution in [0.4, 0.5) is 5.82 Å². The molecular formula is C9H8IN3. The third kappa shape index (κ3) is 1.58. The number of aromatic nitrogens is 2. The van der Waals surface area contributed by atoms with Crippen molar-refractivity contribution in [1.29, 1.82) is 0 Å². The van der Waals surface area contributed by atoms with Crippen LogP contribution in [0.3, 0.4) is 0 Å². The molecule has 0 bridgehead atoms. The van der Waals surface area contributed by atoms with Gasteiger partial charge in [-0.05, 0) is 24.6 Å². The molecule has 0 spiro atoms. The van der Waals surface area contributed by atoms with Gasteiger partial charge in [0.1, 0.15) is 5.82 Å². The van der Waals surface area contributed by atoms with E-state index in [1.54, 1.807) is 0 Å². The fourth-order valence-corrected chi connectivity index (χ4v) is 1.75. The van der Waals surface area contributed by atoms with Crippen LogP contribution in [0.25, 0.3) is 10.9 Å². The lowest BCUT2D eigenvalue weighted by molar-refractivity contribution is 1.16. The zero-order valence-corrected chi connectivity index (χ0v) is 9.24. The highest BCUT2D eigenvalue weighted by Crippen LogP contribution is 2.19. The standard InChI is InChI=1S/C9H8IN3/c1-5-2-3-6-7(4-5)12-9(10)13-8(6)11/h2-4H,1H3,(H2,11,12,13). The Labute approximate surface area is 89.5 Å². The van der Waals surface area contributed by atoms with Gasteiger partial charge in [0, 0.05) is 28.0 Å². The highest BCUT2D eigenvalue weighted by atomic mass is 127. The van der Waals surface area contributed by atoms with E-state index in [0.717, 1.165) is 10.9 Å². The predicted molar refractivity (Wildman–Crippen MR) is 61.4 cm³/mol. The van der Waals surface area contributed by atoms with Crippen LogP contribution in [0.15, 0.2) is 18.2 Å². The summed E-state index contributed by atoms with van der Waals surface area (Å²) in [5.41, 5.74) is 7.85. The minimum atomic E-state index is 0.550. The Morgan fingerprint density at radius 2 is 2.08 bits per heavy atom. The van der Waals surface area contributed by atoms with Crippen molar-refractivity contribution in [2.45, 2.75) is 6.92 Å². The maximum Gasteiger partial charge on any atom is 0.193 e. The van der Waals surface area contributed by atoms with Crippen LogP contribution in [-0.2, 0) is 0 Å². The van der Waals surface area contributed by atoms with Gasteiger partial charge in [-0.15, -0.1) is 0 Å². The van der Waals surface area contributed by atoms with Crippen molar-refractivity contribution in [2.24, 2.45) is 0 Å². The van der Waals surface area contributed by atoms with Crippen LogP contribution in [-0.4, -0.2) is 9.97 Å². The molecule has 0 amide bonds. The highest BCUT2D eigenvalue weighted by Gasteiger charge is 2.02. The van der Waals surface area contributed by atoms with Crippen molar-refractivity contribution in [3.8, 4) is 0 Å². The number of hydrogen-bond acceptors (Lipinski definition) is 3. The largest absolute Gasteiger partial charge is 0.383 e. The van der Waals surface area contributed by atoms with Crippen LogP contribution < -0.4 is 5.73 Å². The molecule has 0 aliphatic heterocycles. The molecule has 2 N–H and O–H groups in total. The van der Waals surface area contributed by atoms with E-state index in [4.69, 9.17) is 5.73 Å². The summed E-state index contributed by atoms with van der Waals surface area (Å²) < 4.78 is 0.688. The maximum atomic E-state index is 5.75. The molecular weight excluding hydrogens is 277 g/mol. The molecule has 3 nitrogen and oxygen atoms in total. The first-order chi connectivity index (χ1) is 6.16. The second kappa shape index (κ2) is 3.10. The summed E-state index contributed by atoms with van der Waals surface area (Å²) in [7, 11) is 0.